The summed E-state index contributed by atoms with van der Waals surface area (Å²) in [5.74, 6) is 0. The second-order valence-corrected chi connectivity index (χ2v) is 10.1. The SMILES string of the molecule is O=[N+]([O-])[C@H]1C(OCc2ccccc2)O[C@H](COCc2ccccc2)[C@H](OCc2ccccc2)[C@@H]1OCc1ccccc1. The van der Waals surface area contributed by atoms with E-state index in [1.54, 1.807) is 0 Å². The van der Waals surface area contributed by atoms with Crippen LogP contribution in [0.3, 0.4) is 0 Å². The van der Waals surface area contributed by atoms with Crippen molar-refractivity contribution < 1.29 is 28.6 Å². The summed E-state index contributed by atoms with van der Waals surface area (Å²) in [4.78, 5) is 12.2. The van der Waals surface area contributed by atoms with Crippen molar-refractivity contribution in [2.24, 2.45) is 0 Å². The molecule has 0 saturated carbocycles. The van der Waals surface area contributed by atoms with Crippen LogP contribution in [0.25, 0.3) is 0 Å². The minimum Gasteiger partial charge on any atom is -0.374 e. The fourth-order valence-corrected chi connectivity index (χ4v) is 4.93. The van der Waals surface area contributed by atoms with Crippen molar-refractivity contribution in [3.8, 4) is 0 Å². The van der Waals surface area contributed by atoms with Gasteiger partial charge in [0.25, 0.3) is 6.04 Å². The lowest BCUT2D eigenvalue weighted by Gasteiger charge is -2.42. The monoisotopic (exact) mass is 569 g/mol. The highest BCUT2D eigenvalue weighted by molar-refractivity contribution is 5.16. The fourth-order valence-electron chi connectivity index (χ4n) is 4.93. The van der Waals surface area contributed by atoms with Crippen LogP contribution in [0.1, 0.15) is 22.3 Å². The molecule has 8 heteroatoms. The second kappa shape index (κ2) is 15.3. The molecule has 1 aliphatic heterocycles. The molecule has 5 rings (SSSR count). The number of nitrogens with zero attached hydrogens (tertiary/aromatic N) is 1. The van der Waals surface area contributed by atoms with Crippen LogP contribution >= 0.6 is 0 Å². The van der Waals surface area contributed by atoms with Gasteiger partial charge in [-0.1, -0.05) is 121 Å². The summed E-state index contributed by atoms with van der Waals surface area (Å²) in [6.45, 7) is 1.04. The lowest BCUT2D eigenvalue weighted by Crippen LogP contribution is -2.63. The molecule has 1 saturated heterocycles. The highest BCUT2D eigenvalue weighted by Crippen LogP contribution is 2.31. The molecule has 0 spiro atoms. The zero-order valence-electron chi connectivity index (χ0n) is 23.3. The van der Waals surface area contributed by atoms with Gasteiger partial charge in [-0.05, 0) is 22.3 Å². The van der Waals surface area contributed by atoms with Crippen molar-refractivity contribution in [3.63, 3.8) is 0 Å². The molecule has 0 amide bonds. The van der Waals surface area contributed by atoms with Crippen LogP contribution in [0.15, 0.2) is 121 Å². The van der Waals surface area contributed by atoms with Crippen molar-refractivity contribution >= 4 is 0 Å². The predicted molar refractivity (Wildman–Crippen MR) is 157 cm³/mol. The van der Waals surface area contributed by atoms with Crippen LogP contribution in [0, 0.1) is 10.1 Å². The molecular formula is C34H35NO7. The van der Waals surface area contributed by atoms with Gasteiger partial charge in [0.2, 0.25) is 6.29 Å². The highest BCUT2D eigenvalue weighted by atomic mass is 16.7. The molecule has 5 atom stereocenters. The van der Waals surface area contributed by atoms with Gasteiger partial charge < -0.3 is 23.7 Å². The molecule has 42 heavy (non-hydrogen) atoms. The first kappa shape index (κ1) is 29.6. The summed E-state index contributed by atoms with van der Waals surface area (Å²) in [6, 6.07) is 37.2. The zero-order valence-corrected chi connectivity index (χ0v) is 23.3. The Kier molecular flexibility index (Phi) is 10.8. The van der Waals surface area contributed by atoms with Crippen molar-refractivity contribution in [1.82, 2.24) is 0 Å². The fraction of sp³-hybridized carbons (Fsp3) is 0.294. The van der Waals surface area contributed by atoms with Crippen molar-refractivity contribution in [3.05, 3.63) is 154 Å². The van der Waals surface area contributed by atoms with E-state index in [4.69, 9.17) is 23.7 Å². The maximum atomic E-state index is 12.6. The third-order valence-corrected chi connectivity index (χ3v) is 7.08. The quantitative estimate of drug-likeness (QED) is 0.137. The number of rotatable bonds is 14. The molecule has 0 radical (unpaired) electrons. The average Bonchev–Trinajstić information content (AvgIpc) is 3.04. The van der Waals surface area contributed by atoms with Crippen LogP contribution in [-0.2, 0) is 50.1 Å². The van der Waals surface area contributed by atoms with Gasteiger partial charge in [0, 0.05) is 4.92 Å². The van der Waals surface area contributed by atoms with Crippen LogP contribution in [0.2, 0.25) is 0 Å². The Morgan fingerprint density at radius 3 is 1.43 bits per heavy atom. The van der Waals surface area contributed by atoms with E-state index in [-0.39, 0.29) is 31.4 Å². The summed E-state index contributed by atoms with van der Waals surface area (Å²) < 4.78 is 31.2. The van der Waals surface area contributed by atoms with Gasteiger partial charge in [-0.3, -0.25) is 10.1 Å². The lowest BCUT2D eigenvalue weighted by atomic mass is 9.96. The van der Waals surface area contributed by atoms with Gasteiger partial charge >= 0.3 is 0 Å². The first-order valence-electron chi connectivity index (χ1n) is 14.0. The number of ether oxygens (including phenoxy) is 5. The van der Waals surface area contributed by atoms with Crippen LogP contribution in [0.5, 0.6) is 0 Å². The third-order valence-electron chi connectivity index (χ3n) is 7.08. The molecule has 0 N–H and O–H groups in total. The molecule has 0 aromatic heterocycles. The molecular weight excluding hydrogens is 534 g/mol. The molecule has 1 heterocycles. The van der Waals surface area contributed by atoms with Gasteiger partial charge in [0.05, 0.1) is 33.0 Å². The van der Waals surface area contributed by atoms with Crippen molar-refractivity contribution in [2.45, 2.75) is 57.1 Å². The second-order valence-electron chi connectivity index (χ2n) is 10.1. The van der Waals surface area contributed by atoms with E-state index in [1.807, 2.05) is 121 Å². The standard InChI is InChI=1S/C34H35NO7/c36-35(37)31-33(40-23-28-17-9-3-10-18-28)32(39-22-27-15-7-2-8-16-27)30(25-38-21-26-13-5-1-6-14-26)42-34(31)41-24-29-19-11-4-12-20-29/h1-20,30-34H,21-25H2/t30-,31-,32+,33-,34?/m1/s1. The Bertz CT molecular complexity index is 1340. The Morgan fingerprint density at radius 1 is 0.571 bits per heavy atom. The molecule has 8 nitrogen and oxygen atoms in total. The largest absolute Gasteiger partial charge is 0.374 e. The zero-order chi connectivity index (χ0) is 29.0. The van der Waals surface area contributed by atoms with E-state index in [2.05, 4.69) is 0 Å². The molecule has 1 aliphatic rings. The van der Waals surface area contributed by atoms with E-state index >= 15 is 0 Å². The van der Waals surface area contributed by atoms with Crippen molar-refractivity contribution in [1.29, 1.82) is 0 Å². The Balaban J connectivity index is 1.40. The molecule has 1 unspecified atom stereocenters. The van der Waals surface area contributed by atoms with Gasteiger partial charge in [-0.2, -0.15) is 0 Å². The number of benzene rings is 4. The first-order valence-corrected chi connectivity index (χ1v) is 14.0. The smallest absolute Gasteiger partial charge is 0.291 e. The Labute approximate surface area is 245 Å². The topological polar surface area (TPSA) is 89.3 Å². The molecule has 4 aromatic rings. The van der Waals surface area contributed by atoms with Gasteiger partial charge in [-0.15, -0.1) is 0 Å². The lowest BCUT2D eigenvalue weighted by molar-refractivity contribution is -0.577. The maximum absolute atomic E-state index is 12.6. The van der Waals surface area contributed by atoms with Crippen LogP contribution in [0.4, 0.5) is 0 Å². The van der Waals surface area contributed by atoms with E-state index in [1.165, 1.54) is 0 Å². The minimum atomic E-state index is -1.33. The normalized spacial score (nSPS) is 22.0. The Hall–Kier alpha value is -3.92. The van der Waals surface area contributed by atoms with E-state index in [0.717, 1.165) is 22.3 Å². The van der Waals surface area contributed by atoms with Gasteiger partial charge in [0.15, 0.2) is 6.10 Å². The Morgan fingerprint density at radius 2 is 0.976 bits per heavy atom. The van der Waals surface area contributed by atoms with E-state index in [0.29, 0.717) is 6.61 Å². The summed E-state index contributed by atoms with van der Waals surface area (Å²) in [5.41, 5.74) is 3.71. The number of hydrogen-bond donors (Lipinski definition) is 0. The van der Waals surface area contributed by atoms with Crippen molar-refractivity contribution in [2.75, 3.05) is 6.61 Å². The molecule has 0 aliphatic carbocycles. The molecule has 218 valence electrons. The maximum Gasteiger partial charge on any atom is 0.291 e. The highest BCUT2D eigenvalue weighted by Gasteiger charge is 2.55. The summed E-state index contributed by atoms with van der Waals surface area (Å²) >= 11 is 0. The van der Waals surface area contributed by atoms with Crippen LogP contribution < -0.4 is 0 Å². The summed E-state index contributed by atoms with van der Waals surface area (Å²) in [6.07, 6.45) is -3.63. The predicted octanol–water partition coefficient (Wildman–Crippen LogP) is 5.96. The summed E-state index contributed by atoms with van der Waals surface area (Å²) in [7, 11) is 0. The van der Waals surface area contributed by atoms with E-state index < -0.39 is 30.6 Å². The molecule has 4 aromatic carbocycles. The average molecular weight is 570 g/mol. The van der Waals surface area contributed by atoms with E-state index in [9.17, 15) is 10.1 Å². The molecule has 1 fully saturated rings. The minimum absolute atomic E-state index is 0.134. The first-order chi connectivity index (χ1) is 20.7. The van der Waals surface area contributed by atoms with Gasteiger partial charge in [0.1, 0.15) is 12.2 Å². The molecule has 0 bridgehead atoms. The third kappa shape index (κ3) is 8.31. The summed E-state index contributed by atoms with van der Waals surface area (Å²) in [5, 5.41) is 12.6. The number of hydrogen-bond acceptors (Lipinski definition) is 7. The number of nitro groups is 1. The van der Waals surface area contributed by atoms with Crippen LogP contribution in [-0.4, -0.2) is 42.2 Å². The van der Waals surface area contributed by atoms with Gasteiger partial charge in [-0.25, -0.2) is 0 Å².